The number of benzene rings is 1. The molecule has 4 nitrogen and oxygen atoms in total. The first-order valence-corrected chi connectivity index (χ1v) is 4.99. The predicted octanol–water partition coefficient (Wildman–Crippen LogP) is 1.38. The van der Waals surface area contributed by atoms with E-state index in [9.17, 15) is 4.79 Å². The van der Waals surface area contributed by atoms with E-state index in [1.165, 1.54) is 5.56 Å². The van der Waals surface area contributed by atoms with Crippen LogP contribution in [0.2, 0.25) is 0 Å². The molecule has 0 aromatic heterocycles. The van der Waals surface area contributed by atoms with Gasteiger partial charge in [0, 0.05) is 19.2 Å². The smallest absolute Gasteiger partial charge is 0.407 e. The third-order valence-corrected chi connectivity index (χ3v) is 2.46. The van der Waals surface area contributed by atoms with Crippen molar-refractivity contribution in [2.24, 2.45) is 0 Å². The van der Waals surface area contributed by atoms with Gasteiger partial charge in [-0.25, -0.2) is 4.79 Å². The number of fused-ring (bicyclic) bond motifs is 1. The van der Waals surface area contributed by atoms with Crippen LogP contribution in [0.25, 0.3) is 0 Å². The lowest BCUT2D eigenvalue weighted by molar-refractivity contribution is 0.104. The van der Waals surface area contributed by atoms with Gasteiger partial charge in [-0.1, -0.05) is 18.2 Å². The number of hydrogen-bond donors (Lipinski definition) is 2. The van der Waals surface area contributed by atoms with Crippen molar-refractivity contribution in [3.05, 3.63) is 29.8 Å². The third kappa shape index (κ3) is 2.21. The van der Waals surface area contributed by atoms with Gasteiger partial charge in [-0.05, 0) is 11.6 Å². The Morgan fingerprint density at radius 3 is 3.13 bits per heavy atom. The summed E-state index contributed by atoms with van der Waals surface area (Å²) in [5, 5.41) is 5.68. The number of hydrogen-bond acceptors (Lipinski definition) is 3. The van der Waals surface area contributed by atoms with Crippen LogP contribution in [-0.4, -0.2) is 25.8 Å². The second-order valence-corrected chi connectivity index (χ2v) is 3.52. The van der Waals surface area contributed by atoms with E-state index in [4.69, 9.17) is 4.74 Å². The molecule has 80 valence electrons. The van der Waals surface area contributed by atoms with Gasteiger partial charge in [0.2, 0.25) is 0 Å². The van der Waals surface area contributed by atoms with Gasteiger partial charge in [-0.3, -0.25) is 0 Å². The number of carbonyl (C=O) groups is 1. The molecule has 0 saturated heterocycles. The van der Waals surface area contributed by atoms with Crippen LogP contribution in [0.5, 0.6) is 0 Å². The molecule has 0 fully saturated rings. The van der Waals surface area contributed by atoms with E-state index in [2.05, 4.69) is 10.6 Å². The quantitative estimate of drug-likeness (QED) is 0.729. The number of rotatable bonds is 1. The van der Waals surface area contributed by atoms with Crippen LogP contribution in [0.4, 0.5) is 10.5 Å². The molecule has 0 spiro atoms. The predicted molar refractivity (Wildman–Crippen MR) is 58.0 cm³/mol. The molecule has 0 radical (unpaired) electrons. The first-order valence-electron chi connectivity index (χ1n) is 4.99. The minimum absolute atomic E-state index is 0.0835. The van der Waals surface area contributed by atoms with Crippen molar-refractivity contribution < 1.29 is 9.53 Å². The maximum absolute atomic E-state index is 11.0. The highest BCUT2D eigenvalue weighted by atomic mass is 16.6. The summed E-state index contributed by atoms with van der Waals surface area (Å²) in [6, 6.07) is 8.06. The van der Waals surface area contributed by atoms with Gasteiger partial charge >= 0.3 is 6.09 Å². The highest BCUT2D eigenvalue weighted by Gasteiger charge is 2.20. The third-order valence-electron chi connectivity index (χ3n) is 2.46. The van der Waals surface area contributed by atoms with E-state index in [-0.39, 0.29) is 12.2 Å². The number of carbonyl (C=O) groups excluding carboxylic acids is 1. The minimum Gasteiger partial charge on any atom is -0.444 e. The summed E-state index contributed by atoms with van der Waals surface area (Å²) in [4.78, 5) is 11.0. The zero-order valence-electron chi connectivity index (χ0n) is 8.62. The molecular weight excluding hydrogens is 192 g/mol. The zero-order valence-corrected chi connectivity index (χ0v) is 8.62. The van der Waals surface area contributed by atoms with Crippen LogP contribution >= 0.6 is 0 Å². The lowest BCUT2D eigenvalue weighted by Crippen LogP contribution is -2.35. The van der Waals surface area contributed by atoms with Gasteiger partial charge in [0.15, 0.2) is 0 Å². The Labute approximate surface area is 88.6 Å². The molecule has 15 heavy (non-hydrogen) atoms. The molecule has 2 N–H and O–H groups in total. The summed E-state index contributed by atoms with van der Waals surface area (Å²) >= 11 is 0. The molecule has 1 aliphatic rings. The molecule has 1 atom stereocenters. The molecule has 1 amide bonds. The maximum Gasteiger partial charge on any atom is 0.407 e. The van der Waals surface area contributed by atoms with Crippen molar-refractivity contribution >= 4 is 11.8 Å². The average molecular weight is 206 g/mol. The average Bonchev–Trinajstić information content (AvgIpc) is 2.29. The summed E-state index contributed by atoms with van der Waals surface area (Å²) < 4.78 is 5.18. The Kier molecular flexibility index (Phi) is 2.76. The number of ether oxygens (including phenoxy) is 1. The number of amides is 1. The van der Waals surface area contributed by atoms with Gasteiger partial charge in [0.1, 0.15) is 6.10 Å². The van der Waals surface area contributed by atoms with E-state index >= 15 is 0 Å². The number of para-hydroxylation sites is 1. The molecule has 0 unspecified atom stereocenters. The fourth-order valence-electron chi connectivity index (χ4n) is 1.71. The van der Waals surface area contributed by atoms with E-state index in [1.807, 2.05) is 24.3 Å². The van der Waals surface area contributed by atoms with Crippen LogP contribution < -0.4 is 10.6 Å². The van der Waals surface area contributed by atoms with Crippen LogP contribution in [0.3, 0.4) is 0 Å². The summed E-state index contributed by atoms with van der Waals surface area (Å²) in [6.07, 6.45) is 0.317. The second kappa shape index (κ2) is 4.21. The van der Waals surface area contributed by atoms with Gasteiger partial charge in [-0.2, -0.15) is 0 Å². The van der Waals surface area contributed by atoms with Gasteiger partial charge in [0.05, 0.1) is 6.54 Å². The fourth-order valence-corrected chi connectivity index (χ4v) is 1.71. The first-order chi connectivity index (χ1) is 7.29. The number of alkyl carbamates (subject to hydrolysis) is 1. The van der Waals surface area contributed by atoms with Crippen LogP contribution in [0.1, 0.15) is 5.56 Å². The highest BCUT2D eigenvalue weighted by molar-refractivity contribution is 5.67. The van der Waals surface area contributed by atoms with Crippen LogP contribution in [-0.2, 0) is 11.2 Å². The standard InChI is InChI=1S/C11H14N2O2/c1-12-11(14)15-9-6-8-4-2-3-5-10(8)13-7-9/h2-5,9,13H,6-7H2,1H3,(H,12,14)/t9-/m1/s1. The summed E-state index contributed by atoms with van der Waals surface area (Å²) in [5.41, 5.74) is 2.33. The maximum atomic E-state index is 11.0. The van der Waals surface area contributed by atoms with Crippen molar-refractivity contribution in [3.63, 3.8) is 0 Å². The van der Waals surface area contributed by atoms with E-state index in [0.717, 1.165) is 12.1 Å². The number of nitrogens with one attached hydrogen (secondary N) is 2. The van der Waals surface area contributed by atoms with E-state index in [1.54, 1.807) is 7.05 Å². The molecule has 1 aliphatic heterocycles. The Morgan fingerprint density at radius 2 is 2.33 bits per heavy atom. The molecule has 1 aromatic carbocycles. The zero-order chi connectivity index (χ0) is 10.7. The number of anilines is 1. The highest BCUT2D eigenvalue weighted by Crippen LogP contribution is 2.22. The summed E-state index contributed by atoms with van der Waals surface area (Å²) in [7, 11) is 1.56. The lowest BCUT2D eigenvalue weighted by Gasteiger charge is -2.25. The lowest BCUT2D eigenvalue weighted by atomic mass is 10.0. The van der Waals surface area contributed by atoms with Crippen LogP contribution in [0, 0.1) is 0 Å². The monoisotopic (exact) mass is 206 g/mol. The Morgan fingerprint density at radius 1 is 1.53 bits per heavy atom. The Hall–Kier alpha value is -1.71. The molecule has 4 heteroatoms. The minimum atomic E-state index is -0.374. The normalized spacial score (nSPS) is 18.6. The second-order valence-electron chi connectivity index (χ2n) is 3.52. The molecule has 2 rings (SSSR count). The topological polar surface area (TPSA) is 50.4 Å². The van der Waals surface area contributed by atoms with E-state index in [0.29, 0.717) is 6.54 Å². The molecule has 1 aromatic rings. The van der Waals surface area contributed by atoms with Crippen molar-refractivity contribution in [2.45, 2.75) is 12.5 Å². The summed E-state index contributed by atoms with van der Waals surface area (Å²) in [6.45, 7) is 0.671. The van der Waals surface area contributed by atoms with Crippen molar-refractivity contribution in [1.82, 2.24) is 5.32 Å². The molecule has 0 aliphatic carbocycles. The van der Waals surface area contributed by atoms with Gasteiger partial charge < -0.3 is 15.4 Å². The molecule has 1 heterocycles. The molecule has 0 saturated carbocycles. The van der Waals surface area contributed by atoms with Crippen molar-refractivity contribution in [3.8, 4) is 0 Å². The fraction of sp³-hybridized carbons (Fsp3) is 0.364. The largest absolute Gasteiger partial charge is 0.444 e. The van der Waals surface area contributed by atoms with E-state index < -0.39 is 0 Å². The van der Waals surface area contributed by atoms with Gasteiger partial charge in [-0.15, -0.1) is 0 Å². The molecule has 0 bridgehead atoms. The summed E-state index contributed by atoms with van der Waals surface area (Å²) in [5.74, 6) is 0. The first kappa shape index (κ1) is 9.83. The van der Waals surface area contributed by atoms with Crippen molar-refractivity contribution in [1.29, 1.82) is 0 Å². The molecular formula is C11H14N2O2. The SMILES string of the molecule is CNC(=O)O[C@H]1CNc2ccccc2C1. The Bertz CT molecular complexity index is 365. The Balaban J connectivity index is 2.02. The van der Waals surface area contributed by atoms with Crippen molar-refractivity contribution in [2.75, 3.05) is 18.9 Å². The van der Waals surface area contributed by atoms with Gasteiger partial charge in [0.25, 0.3) is 0 Å². The van der Waals surface area contributed by atoms with Crippen LogP contribution in [0.15, 0.2) is 24.3 Å².